The van der Waals surface area contributed by atoms with Crippen LogP contribution in [0.15, 0.2) is 40.9 Å². The molecule has 2 rings (SSSR count). The molecule has 0 radical (unpaired) electrons. The Balaban J connectivity index is 2.48. The first-order valence-electron chi connectivity index (χ1n) is 6.89. The van der Waals surface area contributed by atoms with Crippen molar-refractivity contribution in [3.8, 4) is 0 Å². The predicted molar refractivity (Wildman–Crippen MR) is 90.4 cm³/mol. The van der Waals surface area contributed by atoms with Crippen molar-refractivity contribution >= 4 is 27.5 Å². The lowest BCUT2D eigenvalue weighted by molar-refractivity contribution is 0.840. The van der Waals surface area contributed by atoms with Crippen LogP contribution in [-0.2, 0) is 12.8 Å². The molecule has 2 N–H and O–H groups in total. The Labute approximate surface area is 134 Å². The first kappa shape index (κ1) is 15.6. The zero-order valence-corrected chi connectivity index (χ0v) is 14.1. The SMILES string of the molecule is CCc1ccc(CC)c(C(N)c2ccc(Cl)cc2Br)c1. The van der Waals surface area contributed by atoms with E-state index in [9.17, 15) is 0 Å². The summed E-state index contributed by atoms with van der Waals surface area (Å²) in [6, 6.07) is 12.2. The molecule has 20 heavy (non-hydrogen) atoms. The number of rotatable bonds is 4. The average Bonchev–Trinajstić information content (AvgIpc) is 2.46. The minimum absolute atomic E-state index is 0.136. The van der Waals surface area contributed by atoms with Crippen molar-refractivity contribution in [2.75, 3.05) is 0 Å². The summed E-state index contributed by atoms with van der Waals surface area (Å²) in [6.45, 7) is 4.32. The van der Waals surface area contributed by atoms with Crippen LogP contribution in [0.4, 0.5) is 0 Å². The summed E-state index contributed by atoms with van der Waals surface area (Å²) in [6.07, 6.45) is 2.00. The Bertz CT molecular complexity index is 610. The summed E-state index contributed by atoms with van der Waals surface area (Å²) < 4.78 is 0.960. The second-order valence-electron chi connectivity index (χ2n) is 4.88. The van der Waals surface area contributed by atoms with E-state index in [-0.39, 0.29) is 6.04 Å². The maximum atomic E-state index is 6.49. The smallest absolute Gasteiger partial charge is 0.0565 e. The molecule has 0 bridgehead atoms. The van der Waals surface area contributed by atoms with E-state index < -0.39 is 0 Å². The average molecular weight is 353 g/mol. The minimum atomic E-state index is -0.136. The highest BCUT2D eigenvalue weighted by atomic mass is 79.9. The van der Waals surface area contributed by atoms with Gasteiger partial charge in [-0.3, -0.25) is 0 Å². The fourth-order valence-electron chi connectivity index (χ4n) is 2.40. The number of halogens is 2. The van der Waals surface area contributed by atoms with Crippen LogP contribution in [0.5, 0.6) is 0 Å². The molecule has 0 aromatic heterocycles. The Morgan fingerprint density at radius 1 is 1.05 bits per heavy atom. The quantitative estimate of drug-likeness (QED) is 0.796. The van der Waals surface area contributed by atoms with E-state index in [0.717, 1.165) is 22.9 Å². The highest BCUT2D eigenvalue weighted by Crippen LogP contribution is 2.31. The molecule has 3 heteroatoms. The fourth-order valence-corrected chi connectivity index (χ4v) is 3.33. The lowest BCUT2D eigenvalue weighted by Crippen LogP contribution is -2.15. The number of aryl methyl sites for hydroxylation is 2. The van der Waals surface area contributed by atoms with E-state index in [1.165, 1.54) is 16.7 Å². The Morgan fingerprint density at radius 3 is 2.40 bits per heavy atom. The third kappa shape index (κ3) is 3.25. The van der Waals surface area contributed by atoms with Crippen molar-refractivity contribution in [1.82, 2.24) is 0 Å². The van der Waals surface area contributed by atoms with Gasteiger partial charge in [0.25, 0.3) is 0 Å². The number of benzene rings is 2. The molecule has 0 aliphatic heterocycles. The van der Waals surface area contributed by atoms with Gasteiger partial charge >= 0.3 is 0 Å². The van der Waals surface area contributed by atoms with Crippen molar-refractivity contribution < 1.29 is 0 Å². The van der Waals surface area contributed by atoms with Gasteiger partial charge in [-0.15, -0.1) is 0 Å². The van der Waals surface area contributed by atoms with Gasteiger partial charge in [-0.05, 0) is 47.2 Å². The third-order valence-electron chi connectivity index (χ3n) is 3.63. The number of hydrogen-bond donors (Lipinski definition) is 1. The predicted octanol–water partition coefficient (Wildman–Crippen LogP) is 5.28. The zero-order chi connectivity index (χ0) is 14.7. The van der Waals surface area contributed by atoms with Gasteiger partial charge in [0.15, 0.2) is 0 Å². The summed E-state index contributed by atoms with van der Waals surface area (Å²) in [4.78, 5) is 0. The number of nitrogens with two attached hydrogens (primary N) is 1. The van der Waals surface area contributed by atoms with Crippen LogP contribution in [0.25, 0.3) is 0 Å². The first-order chi connectivity index (χ1) is 9.56. The molecule has 0 aliphatic rings. The van der Waals surface area contributed by atoms with Crippen LogP contribution in [-0.4, -0.2) is 0 Å². The van der Waals surface area contributed by atoms with Crippen LogP contribution < -0.4 is 5.73 Å². The molecule has 106 valence electrons. The molecular formula is C17H19BrClN. The Morgan fingerprint density at radius 2 is 1.80 bits per heavy atom. The Kier molecular flexibility index (Phi) is 5.25. The molecule has 1 unspecified atom stereocenters. The maximum absolute atomic E-state index is 6.49. The molecule has 2 aromatic rings. The number of hydrogen-bond acceptors (Lipinski definition) is 1. The first-order valence-corrected chi connectivity index (χ1v) is 8.06. The van der Waals surface area contributed by atoms with Gasteiger partial charge in [0, 0.05) is 9.50 Å². The summed E-state index contributed by atoms with van der Waals surface area (Å²) >= 11 is 9.57. The molecule has 0 saturated carbocycles. The largest absolute Gasteiger partial charge is 0.320 e. The minimum Gasteiger partial charge on any atom is -0.320 e. The summed E-state index contributed by atoms with van der Waals surface area (Å²) in [5.74, 6) is 0. The maximum Gasteiger partial charge on any atom is 0.0565 e. The highest BCUT2D eigenvalue weighted by molar-refractivity contribution is 9.10. The van der Waals surface area contributed by atoms with Gasteiger partial charge in [0.1, 0.15) is 0 Å². The van der Waals surface area contributed by atoms with Crippen molar-refractivity contribution in [3.05, 3.63) is 68.1 Å². The summed E-state index contributed by atoms with van der Waals surface area (Å²) in [7, 11) is 0. The van der Waals surface area contributed by atoms with Gasteiger partial charge in [0.05, 0.1) is 6.04 Å². The normalized spacial score (nSPS) is 12.4. The summed E-state index contributed by atoms with van der Waals surface area (Å²) in [5, 5.41) is 0.714. The van der Waals surface area contributed by atoms with Crippen LogP contribution in [0.3, 0.4) is 0 Å². The van der Waals surface area contributed by atoms with E-state index in [0.29, 0.717) is 5.02 Å². The molecule has 0 aliphatic carbocycles. The third-order valence-corrected chi connectivity index (χ3v) is 4.55. The fraction of sp³-hybridized carbons (Fsp3) is 0.294. The lowest BCUT2D eigenvalue weighted by atomic mass is 9.92. The molecular weight excluding hydrogens is 334 g/mol. The monoisotopic (exact) mass is 351 g/mol. The van der Waals surface area contributed by atoms with Gasteiger partial charge in [-0.25, -0.2) is 0 Å². The Hall–Kier alpha value is -0.830. The second-order valence-corrected chi connectivity index (χ2v) is 6.17. The summed E-state index contributed by atoms with van der Waals surface area (Å²) in [5.41, 5.74) is 11.4. The molecule has 1 nitrogen and oxygen atoms in total. The van der Waals surface area contributed by atoms with Crippen LogP contribution in [0, 0.1) is 0 Å². The van der Waals surface area contributed by atoms with Gasteiger partial charge in [-0.2, -0.15) is 0 Å². The standard InChI is InChI=1S/C17H19BrClN/c1-3-11-5-6-12(4-2)15(9-11)17(20)14-8-7-13(19)10-16(14)18/h5-10,17H,3-4,20H2,1-2H3. The van der Waals surface area contributed by atoms with E-state index in [2.05, 4.69) is 48.0 Å². The second kappa shape index (κ2) is 6.75. The molecule has 2 aromatic carbocycles. The van der Waals surface area contributed by atoms with E-state index in [4.69, 9.17) is 17.3 Å². The molecule has 0 saturated heterocycles. The topological polar surface area (TPSA) is 26.0 Å². The van der Waals surface area contributed by atoms with E-state index in [1.807, 2.05) is 18.2 Å². The van der Waals surface area contributed by atoms with Gasteiger partial charge in [-0.1, -0.05) is 65.6 Å². The highest BCUT2D eigenvalue weighted by Gasteiger charge is 2.16. The van der Waals surface area contributed by atoms with Crippen molar-refractivity contribution in [2.24, 2.45) is 5.73 Å². The van der Waals surface area contributed by atoms with Gasteiger partial charge in [0.2, 0.25) is 0 Å². The van der Waals surface area contributed by atoms with Crippen molar-refractivity contribution in [2.45, 2.75) is 32.7 Å². The van der Waals surface area contributed by atoms with Crippen molar-refractivity contribution in [3.63, 3.8) is 0 Å². The zero-order valence-electron chi connectivity index (χ0n) is 11.8. The molecule has 0 fully saturated rings. The lowest BCUT2D eigenvalue weighted by Gasteiger charge is -2.19. The van der Waals surface area contributed by atoms with E-state index in [1.54, 1.807) is 0 Å². The van der Waals surface area contributed by atoms with Crippen LogP contribution in [0.2, 0.25) is 5.02 Å². The molecule has 0 heterocycles. The molecule has 1 atom stereocenters. The van der Waals surface area contributed by atoms with Crippen LogP contribution in [0.1, 0.15) is 42.1 Å². The van der Waals surface area contributed by atoms with Crippen molar-refractivity contribution in [1.29, 1.82) is 0 Å². The van der Waals surface area contributed by atoms with Gasteiger partial charge < -0.3 is 5.73 Å². The van der Waals surface area contributed by atoms with E-state index >= 15 is 0 Å². The molecule has 0 amide bonds. The van der Waals surface area contributed by atoms with Crippen LogP contribution >= 0.6 is 27.5 Å². The molecule has 0 spiro atoms.